The van der Waals surface area contributed by atoms with Crippen LogP contribution in [0.4, 0.5) is 13.2 Å². The Labute approximate surface area is 79.8 Å². The van der Waals surface area contributed by atoms with Gasteiger partial charge in [-0.3, -0.25) is 4.72 Å². The minimum Gasteiger partial charge on any atom is -0.315 e. The Balaban J connectivity index is 2.04. The van der Waals surface area contributed by atoms with Gasteiger partial charge in [0, 0.05) is 12.6 Å². The molecule has 0 aromatic rings. The molecule has 1 rings (SSSR count). The Morgan fingerprint density at radius 2 is 2.23 bits per heavy atom. The summed E-state index contributed by atoms with van der Waals surface area (Å²) >= 11 is 0.752. The first-order valence-electron chi connectivity index (χ1n) is 4.23. The summed E-state index contributed by atoms with van der Waals surface area (Å²) < 4.78 is 38.0. The van der Waals surface area contributed by atoms with E-state index in [0.29, 0.717) is 0 Å². The molecule has 0 amide bonds. The SMILES string of the molecule is FC(F)(F)CSNC1CCCNC1. The topological polar surface area (TPSA) is 24.1 Å². The third kappa shape index (κ3) is 5.38. The van der Waals surface area contributed by atoms with Crippen LogP contribution >= 0.6 is 11.9 Å². The van der Waals surface area contributed by atoms with Gasteiger partial charge < -0.3 is 5.32 Å². The molecule has 0 radical (unpaired) electrons. The van der Waals surface area contributed by atoms with E-state index < -0.39 is 11.9 Å². The Hall–Kier alpha value is 0.0600. The monoisotopic (exact) mass is 214 g/mol. The van der Waals surface area contributed by atoms with E-state index in [-0.39, 0.29) is 6.04 Å². The maximum Gasteiger partial charge on any atom is 0.399 e. The zero-order valence-corrected chi connectivity index (χ0v) is 7.97. The third-order valence-corrected chi connectivity index (χ3v) is 2.75. The number of hydrogen-bond acceptors (Lipinski definition) is 3. The Morgan fingerprint density at radius 1 is 1.46 bits per heavy atom. The van der Waals surface area contributed by atoms with Crippen LogP contribution in [0, 0.1) is 0 Å². The van der Waals surface area contributed by atoms with Gasteiger partial charge in [-0.15, -0.1) is 0 Å². The molecule has 0 aromatic carbocycles. The van der Waals surface area contributed by atoms with Crippen molar-refractivity contribution >= 4 is 11.9 Å². The van der Waals surface area contributed by atoms with E-state index in [9.17, 15) is 13.2 Å². The van der Waals surface area contributed by atoms with Crippen LogP contribution in [0.1, 0.15) is 12.8 Å². The molecule has 1 saturated heterocycles. The quantitative estimate of drug-likeness (QED) is 0.697. The summed E-state index contributed by atoms with van der Waals surface area (Å²) in [6, 6.07) is 0.182. The number of halogens is 3. The summed E-state index contributed by atoms with van der Waals surface area (Å²) in [4.78, 5) is 0. The van der Waals surface area contributed by atoms with Gasteiger partial charge in [-0.05, 0) is 19.4 Å². The highest BCUT2D eigenvalue weighted by atomic mass is 32.2. The van der Waals surface area contributed by atoms with Crippen LogP contribution in [0.3, 0.4) is 0 Å². The smallest absolute Gasteiger partial charge is 0.315 e. The van der Waals surface area contributed by atoms with Gasteiger partial charge in [-0.2, -0.15) is 13.2 Å². The van der Waals surface area contributed by atoms with Crippen molar-refractivity contribution in [3.8, 4) is 0 Å². The van der Waals surface area contributed by atoms with Gasteiger partial charge in [0.15, 0.2) is 0 Å². The Bertz CT molecular complexity index is 145. The van der Waals surface area contributed by atoms with Crippen molar-refractivity contribution in [2.24, 2.45) is 0 Å². The summed E-state index contributed by atoms with van der Waals surface area (Å²) in [5.41, 5.74) is 0. The number of nitrogens with one attached hydrogen (secondary N) is 2. The summed E-state index contributed by atoms with van der Waals surface area (Å²) in [5, 5.41) is 3.13. The van der Waals surface area contributed by atoms with Crippen molar-refractivity contribution in [1.29, 1.82) is 0 Å². The van der Waals surface area contributed by atoms with Crippen molar-refractivity contribution in [3.05, 3.63) is 0 Å². The van der Waals surface area contributed by atoms with E-state index in [1.165, 1.54) is 0 Å². The minimum absolute atomic E-state index is 0.182. The van der Waals surface area contributed by atoms with Crippen LogP contribution in [0.25, 0.3) is 0 Å². The van der Waals surface area contributed by atoms with E-state index in [1.807, 2.05) is 0 Å². The number of piperidine rings is 1. The van der Waals surface area contributed by atoms with E-state index >= 15 is 0 Å². The van der Waals surface area contributed by atoms with E-state index in [0.717, 1.165) is 37.9 Å². The van der Waals surface area contributed by atoms with E-state index in [1.54, 1.807) is 0 Å². The van der Waals surface area contributed by atoms with E-state index in [2.05, 4.69) is 10.0 Å². The van der Waals surface area contributed by atoms with Crippen molar-refractivity contribution < 1.29 is 13.2 Å². The second-order valence-corrected chi connectivity index (χ2v) is 3.88. The van der Waals surface area contributed by atoms with Crippen LogP contribution in [0.5, 0.6) is 0 Å². The molecule has 2 N–H and O–H groups in total. The molecular weight excluding hydrogens is 201 g/mol. The molecule has 0 saturated carbocycles. The molecule has 6 heteroatoms. The Kier molecular flexibility index (Phi) is 4.34. The zero-order valence-electron chi connectivity index (χ0n) is 7.16. The van der Waals surface area contributed by atoms with Gasteiger partial charge in [-0.25, -0.2) is 0 Å². The molecule has 1 fully saturated rings. The first kappa shape index (κ1) is 11.1. The largest absolute Gasteiger partial charge is 0.399 e. The molecule has 0 aromatic heterocycles. The van der Waals surface area contributed by atoms with Crippen molar-refractivity contribution in [3.63, 3.8) is 0 Å². The highest BCUT2D eigenvalue weighted by Crippen LogP contribution is 2.20. The predicted molar refractivity (Wildman–Crippen MR) is 47.5 cm³/mol. The first-order valence-corrected chi connectivity index (χ1v) is 5.21. The summed E-state index contributed by atoms with van der Waals surface area (Å²) in [6.45, 7) is 1.74. The summed E-state index contributed by atoms with van der Waals surface area (Å²) in [5.74, 6) is -0.816. The van der Waals surface area contributed by atoms with Gasteiger partial charge >= 0.3 is 6.18 Å². The van der Waals surface area contributed by atoms with Crippen LogP contribution in [-0.4, -0.2) is 31.1 Å². The predicted octanol–water partition coefficient (Wildman–Crippen LogP) is 1.54. The van der Waals surface area contributed by atoms with Gasteiger partial charge in [0.05, 0.1) is 0 Å². The molecule has 78 valence electrons. The summed E-state index contributed by atoms with van der Waals surface area (Å²) in [7, 11) is 0. The molecule has 1 unspecified atom stereocenters. The third-order valence-electron chi connectivity index (χ3n) is 1.78. The highest BCUT2D eigenvalue weighted by Gasteiger charge is 2.27. The molecule has 13 heavy (non-hydrogen) atoms. The molecule has 1 atom stereocenters. The summed E-state index contributed by atoms with van der Waals surface area (Å²) in [6.07, 6.45) is -2.08. The fourth-order valence-electron chi connectivity index (χ4n) is 1.19. The molecule has 0 spiro atoms. The molecule has 0 bridgehead atoms. The maximum atomic E-state index is 11.7. The van der Waals surface area contributed by atoms with Crippen molar-refractivity contribution in [2.45, 2.75) is 25.1 Å². The van der Waals surface area contributed by atoms with Crippen LogP contribution < -0.4 is 10.0 Å². The number of hydrogen-bond donors (Lipinski definition) is 2. The van der Waals surface area contributed by atoms with Gasteiger partial charge in [0.1, 0.15) is 5.75 Å². The fourth-order valence-corrected chi connectivity index (χ4v) is 1.88. The second-order valence-electron chi connectivity index (χ2n) is 3.06. The number of rotatable bonds is 3. The van der Waals surface area contributed by atoms with Crippen LogP contribution in [-0.2, 0) is 0 Å². The lowest BCUT2D eigenvalue weighted by molar-refractivity contribution is -0.105. The lowest BCUT2D eigenvalue weighted by atomic mass is 10.1. The normalized spacial score (nSPS) is 24.7. The lowest BCUT2D eigenvalue weighted by Crippen LogP contribution is -2.40. The van der Waals surface area contributed by atoms with Gasteiger partial charge in [-0.1, -0.05) is 11.9 Å². The minimum atomic E-state index is -4.07. The average molecular weight is 214 g/mol. The first-order chi connectivity index (χ1) is 6.08. The van der Waals surface area contributed by atoms with Crippen LogP contribution in [0.2, 0.25) is 0 Å². The van der Waals surface area contributed by atoms with Crippen LogP contribution in [0.15, 0.2) is 0 Å². The lowest BCUT2D eigenvalue weighted by Gasteiger charge is -2.23. The molecule has 1 aliphatic heterocycles. The zero-order chi connectivity index (χ0) is 9.73. The molecule has 1 aliphatic rings. The van der Waals surface area contributed by atoms with Crippen molar-refractivity contribution in [1.82, 2.24) is 10.0 Å². The molecule has 1 heterocycles. The van der Waals surface area contributed by atoms with Gasteiger partial charge in [0.2, 0.25) is 0 Å². The fraction of sp³-hybridized carbons (Fsp3) is 1.00. The molecule has 2 nitrogen and oxygen atoms in total. The Morgan fingerprint density at radius 3 is 2.77 bits per heavy atom. The van der Waals surface area contributed by atoms with Gasteiger partial charge in [0.25, 0.3) is 0 Å². The van der Waals surface area contributed by atoms with Crippen molar-refractivity contribution in [2.75, 3.05) is 18.8 Å². The standard InChI is InChI=1S/C7H13F3N2S/c8-7(9,10)5-13-12-6-2-1-3-11-4-6/h6,11-12H,1-5H2. The maximum absolute atomic E-state index is 11.7. The highest BCUT2D eigenvalue weighted by molar-refractivity contribution is 7.97. The second kappa shape index (κ2) is 5.07. The van der Waals surface area contributed by atoms with E-state index in [4.69, 9.17) is 0 Å². The average Bonchev–Trinajstić information content (AvgIpc) is 2.04. The number of alkyl halides is 3. The molecular formula is C7H13F3N2S. The molecule has 0 aliphatic carbocycles.